The van der Waals surface area contributed by atoms with Crippen LogP contribution in [0.15, 0.2) is 12.1 Å². The molecule has 0 fully saturated rings. The third-order valence-electron chi connectivity index (χ3n) is 2.30. The van der Waals surface area contributed by atoms with Crippen molar-refractivity contribution >= 4 is 23.3 Å². The van der Waals surface area contributed by atoms with E-state index in [0.29, 0.717) is 12.4 Å². The van der Waals surface area contributed by atoms with Crippen LogP contribution in [-0.2, 0) is 9.53 Å². The Morgan fingerprint density at radius 1 is 1.53 bits per heavy atom. The predicted octanol–water partition coefficient (Wildman–Crippen LogP) is 1.39. The van der Waals surface area contributed by atoms with E-state index in [1.807, 2.05) is 6.92 Å². The number of aromatic nitrogens is 1. The molecule has 1 atom stereocenters. The van der Waals surface area contributed by atoms with Crippen LogP contribution in [-0.4, -0.2) is 35.6 Å². The van der Waals surface area contributed by atoms with Gasteiger partial charge in [-0.3, -0.25) is 10.1 Å². The van der Waals surface area contributed by atoms with Gasteiger partial charge in [0, 0.05) is 6.54 Å². The summed E-state index contributed by atoms with van der Waals surface area (Å²) in [7, 11) is 1.27. The first-order chi connectivity index (χ1) is 8.97. The minimum absolute atomic E-state index is 0.106. The van der Waals surface area contributed by atoms with Crippen LogP contribution in [0.4, 0.5) is 17.3 Å². The van der Waals surface area contributed by atoms with Crippen LogP contribution < -0.4 is 10.6 Å². The summed E-state index contributed by atoms with van der Waals surface area (Å²) in [5.74, 6) is 0.137. The summed E-state index contributed by atoms with van der Waals surface area (Å²) >= 11 is 0. The van der Waals surface area contributed by atoms with Gasteiger partial charge in [-0.1, -0.05) is 0 Å². The SMILES string of the molecule is CCNc1cc([N+](=O)[O-])cc(NC(C)C(=O)OC)n1. The van der Waals surface area contributed by atoms with Gasteiger partial charge in [0.2, 0.25) is 0 Å². The van der Waals surface area contributed by atoms with Crippen LogP contribution in [0.25, 0.3) is 0 Å². The lowest BCUT2D eigenvalue weighted by molar-refractivity contribution is -0.384. The Morgan fingerprint density at radius 3 is 2.68 bits per heavy atom. The van der Waals surface area contributed by atoms with Crippen molar-refractivity contribution in [2.45, 2.75) is 19.9 Å². The number of carbonyl (C=O) groups is 1. The van der Waals surface area contributed by atoms with E-state index in [-0.39, 0.29) is 11.5 Å². The maximum Gasteiger partial charge on any atom is 0.328 e. The Kier molecular flexibility index (Phi) is 5.04. The van der Waals surface area contributed by atoms with E-state index in [1.165, 1.54) is 19.2 Å². The second kappa shape index (κ2) is 6.53. The molecule has 8 heteroatoms. The second-order valence-corrected chi connectivity index (χ2v) is 3.77. The third kappa shape index (κ3) is 4.09. The highest BCUT2D eigenvalue weighted by Crippen LogP contribution is 2.21. The fraction of sp³-hybridized carbons (Fsp3) is 0.455. The predicted molar refractivity (Wildman–Crippen MR) is 70.2 cm³/mol. The van der Waals surface area contributed by atoms with Gasteiger partial charge in [-0.25, -0.2) is 9.78 Å². The van der Waals surface area contributed by atoms with Gasteiger partial charge >= 0.3 is 5.97 Å². The molecule has 0 amide bonds. The first-order valence-electron chi connectivity index (χ1n) is 5.72. The average Bonchev–Trinajstić information content (AvgIpc) is 2.37. The molecule has 8 nitrogen and oxygen atoms in total. The number of pyridine rings is 1. The minimum atomic E-state index is -0.644. The quantitative estimate of drug-likeness (QED) is 0.456. The zero-order valence-corrected chi connectivity index (χ0v) is 11.0. The molecule has 0 spiro atoms. The van der Waals surface area contributed by atoms with Gasteiger partial charge in [-0.05, 0) is 13.8 Å². The summed E-state index contributed by atoms with van der Waals surface area (Å²) in [6.07, 6.45) is 0. The maximum absolute atomic E-state index is 11.3. The molecule has 1 unspecified atom stereocenters. The van der Waals surface area contributed by atoms with Gasteiger partial charge in [-0.15, -0.1) is 0 Å². The van der Waals surface area contributed by atoms with Gasteiger partial charge in [0.05, 0.1) is 24.2 Å². The van der Waals surface area contributed by atoms with Crippen molar-refractivity contribution in [3.8, 4) is 0 Å². The number of carbonyl (C=O) groups excluding carboxylic acids is 1. The van der Waals surface area contributed by atoms with Gasteiger partial charge in [-0.2, -0.15) is 0 Å². The summed E-state index contributed by atoms with van der Waals surface area (Å²) in [6.45, 7) is 4.02. The normalized spacial score (nSPS) is 11.5. The molecule has 0 radical (unpaired) electrons. The number of nitro groups is 1. The Labute approximate surface area is 110 Å². The molecule has 0 bridgehead atoms. The molecule has 19 heavy (non-hydrogen) atoms. The topological polar surface area (TPSA) is 106 Å². The van der Waals surface area contributed by atoms with Gasteiger partial charge in [0.1, 0.15) is 17.7 Å². The Bertz CT molecular complexity index is 478. The Morgan fingerprint density at radius 2 is 2.16 bits per heavy atom. The molecule has 2 N–H and O–H groups in total. The van der Waals surface area contributed by atoms with E-state index < -0.39 is 16.9 Å². The molecule has 0 aromatic carbocycles. The highest BCUT2D eigenvalue weighted by atomic mass is 16.6. The third-order valence-corrected chi connectivity index (χ3v) is 2.30. The number of ether oxygens (including phenoxy) is 1. The van der Waals surface area contributed by atoms with Crippen LogP contribution in [0.5, 0.6) is 0 Å². The van der Waals surface area contributed by atoms with Crippen molar-refractivity contribution in [3.63, 3.8) is 0 Å². The summed E-state index contributed by atoms with van der Waals surface area (Å²) in [5.41, 5.74) is -0.106. The Balaban J connectivity index is 2.99. The summed E-state index contributed by atoms with van der Waals surface area (Å²) in [5, 5.41) is 16.5. The van der Waals surface area contributed by atoms with E-state index in [2.05, 4.69) is 20.4 Å². The zero-order chi connectivity index (χ0) is 14.4. The monoisotopic (exact) mass is 268 g/mol. The molecule has 0 aliphatic carbocycles. The molecule has 104 valence electrons. The van der Waals surface area contributed by atoms with Crippen molar-refractivity contribution in [1.82, 2.24) is 4.98 Å². The minimum Gasteiger partial charge on any atom is -0.467 e. The van der Waals surface area contributed by atoms with Gasteiger partial charge in [0.15, 0.2) is 0 Å². The van der Waals surface area contributed by atoms with Crippen molar-refractivity contribution in [2.75, 3.05) is 24.3 Å². The number of hydrogen-bond donors (Lipinski definition) is 2. The first-order valence-corrected chi connectivity index (χ1v) is 5.72. The zero-order valence-electron chi connectivity index (χ0n) is 11.0. The Hall–Kier alpha value is -2.38. The lowest BCUT2D eigenvalue weighted by Gasteiger charge is -2.13. The smallest absolute Gasteiger partial charge is 0.328 e. The second-order valence-electron chi connectivity index (χ2n) is 3.77. The standard InChI is InChI=1S/C11H16N4O4/c1-4-12-9-5-8(15(17)18)6-10(14-9)13-7(2)11(16)19-3/h5-7H,4H2,1-3H3,(H2,12,13,14). The van der Waals surface area contributed by atoms with E-state index in [4.69, 9.17) is 0 Å². The summed E-state index contributed by atoms with van der Waals surface area (Å²) in [4.78, 5) is 25.7. The van der Waals surface area contributed by atoms with E-state index >= 15 is 0 Å². The van der Waals surface area contributed by atoms with Crippen molar-refractivity contribution in [2.24, 2.45) is 0 Å². The number of nitrogens with zero attached hydrogens (tertiary/aromatic N) is 2. The van der Waals surface area contributed by atoms with Crippen LogP contribution in [0.3, 0.4) is 0 Å². The van der Waals surface area contributed by atoms with Crippen LogP contribution in [0.1, 0.15) is 13.8 Å². The van der Waals surface area contributed by atoms with Crippen LogP contribution in [0, 0.1) is 10.1 Å². The van der Waals surface area contributed by atoms with E-state index in [1.54, 1.807) is 6.92 Å². The number of anilines is 2. The fourth-order valence-corrected chi connectivity index (χ4v) is 1.42. The molecule has 1 rings (SSSR count). The largest absolute Gasteiger partial charge is 0.467 e. The van der Waals surface area contributed by atoms with Crippen LogP contribution >= 0.6 is 0 Å². The van der Waals surface area contributed by atoms with Crippen LogP contribution in [0.2, 0.25) is 0 Å². The average molecular weight is 268 g/mol. The molecule has 1 aromatic rings. The summed E-state index contributed by atoms with van der Waals surface area (Å²) < 4.78 is 4.56. The molecule has 0 saturated heterocycles. The molecular formula is C11H16N4O4. The molecule has 0 saturated carbocycles. The highest BCUT2D eigenvalue weighted by Gasteiger charge is 2.16. The van der Waals surface area contributed by atoms with Crippen molar-refractivity contribution < 1.29 is 14.5 Å². The first kappa shape index (κ1) is 14.7. The lowest BCUT2D eigenvalue weighted by atomic mass is 10.3. The van der Waals surface area contributed by atoms with E-state index in [0.717, 1.165) is 0 Å². The maximum atomic E-state index is 11.3. The van der Waals surface area contributed by atoms with Crippen molar-refractivity contribution in [3.05, 3.63) is 22.2 Å². The molecule has 0 aliphatic heterocycles. The molecule has 0 aliphatic rings. The number of esters is 1. The molecule has 1 aromatic heterocycles. The molecular weight excluding hydrogens is 252 g/mol. The van der Waals surface area contributed by atoms with Gasteiger partial charge in [0.25, 0.3) is 5.69 Å². The number of hydrogen-bond acceptors (Lipinski definition) is 7. The number of nitrogens with one attached hydrogen (secondary N) is 2. The summed E-state index contributed by atoms with van der Waals surface area (Å²) in [6, 6.07) is 1.95. The highest BCUT2D eigenvalue weighted by molar-refractivity contribution is 5.78. The lowest BCUT2D eigenvalue weighted by Crippen LogP contribution is -2.27. The molecule has 1 heterocycles. The number of rotatable bonds is 6. The van der Waals surface area contributed by atoms with Crippen molar-refractivity contribution in [1.29, 1.82) is 0 Å². The van der Waals surface area contributed by atoms with Gasteiger partial charge < -0.3 is 15.4 Å². The number of methoxy groups -OCH3 is 1. The van der Waals surface area contributed by atoms with E-state index in [9.17, 15) is 14.9 Å². The fourth-order valence-electron chi connectivity index (χ4n) is 1.42.